The lowest BCUT2D eigenvalue weighted by Crippen LogP contribution is -2.32. The lowest BCUT2D eigenvalue weighted by atomic mass is 10.1. The van der Waals surface area contributed by atoms with E-state index in [9.17, 15) is 4.79 Å². The summed E-state index contributed by atoms with van der Waals surface area (Å²) in [5, 5.41) is 7.08. The first-order chi connectivity index (χ1) is 10.2. The molecule has 0 aliphatic carbocycles. The lowest BCUT2D eigenvalue weighted by molar-refractivity contribution is 0.0329. The molecule has 1 saturated heterocycles. The van der Waals surface area contributed by atoms with Crippen molar-refractivity contribution < 1.29 is 9.53 Å². The maximum absolute atomic E-state index is 11.3. The van der Waals surface area contributed by atoms with Crippen LogP contribution in [-0.4, -0.2) is 38.3 Å². The van der Waals surface area contributed by atoms with E-state index in [1.54, 1.807) is 18.2 Å². The van der Waals surface area contributed by atoms with E-state index < -0.39 is 5.91 Å². The highest BCUT2D eigenvalue weighted by atomic mass is 35.5. The Labute approximate surface area is 130 Å². The molecule has 5 nitrogen and oxygen atoms in total. The number of nitrogens with one attached hydrogen (secondary N) is 2. The van der Waals surface area contributed by atoms with Crippen molar-refractivity contribution in [2.75, 3.05) is 31.6 Å². The van der Waals surface area contributed by atoms with Crippen LogP contribution in [0, 0.1) is 0 Å². The molecule has 116 valence electrons. The molecule has 1 aromatic rings. The van der Waals surface area contributed by atoms with E-state index in [2.05, 4.69) is 10.6 Å². The summed E-state index contributed by atoms with van der Waals surface area (Å²) in [6.45, 7) is 3.50. The van der Waals surface area contributed by atoms with E-state index in [0.717, 1.165) is 32.4 Å². The number of carbonyl (C=O) groups is 1. The molecular formula is C15H22ClN3O2. The molecule has 2 rings (SSSR count). The number of benzene rings is 1. The van der Waals surface area contributed by atoms with Crippen molar-refractivity contribution in [1.29, 1.82) is 0 Å². The van der Waals surface area contributed by atoms with Crippen LogP contribution in [0.5, 0.6) is 0 Å². The Balaban J connectivity index is 1.73. The number of halogens is 1. The third kappa shape index (κ3) is 5.19. The highest BCUT2D eigenvalue weighted by Gasteiger charge is 2.12. The van der Waals surface area contributed by atoms with Crippen LogP contribution in [0.3, 0.4) is 0 Å². The zero-order valence-corrected chi connectivity index (χ0v) is 12.8. The number of amides is 1. The molecule has 0 radical (unpaired) electrons. The number of nitrogens with two attached hydrogens (primary N) is 1. The van der Waals surface area contributed by atoms with E-state index >= 15 is 0 Å². The van der Waals surface area contributed by atoms with Gasteiger partial charge in [-0.1, -0.05) is 11.6 Å². The number of carbonyl (C=O) groups excluding carboxylic acids is 1. The van der Waals surface area contributed by atoms with Crippen molar-refractivity contribution in [2.24, 2.45) is 5.73 Å². The van der Waals surface area contributed by atoms with Crippen LogP contribution in [-0.2, 0) is 4.74 Å². The van der Waals surface area contributed by atoms with E-state index in [1.165, 1.54) is 0 Å². The first-order valence-electron chi connectivity index (χ1n) is 7.32. The van der Waals surface area contributed by atoms with Crippen molar-refractivity contribution >= 4 is 23.2 Å². The quantitative estimate of drug-likeness (QED) is 0.673. The molecule has 1 aromatic carbocycles. The fourth-order valence-corrected chi connectivity index (χ4v) is 2.56. The largest absolute Gasteiger partial charge is 0.384 e. The van der Waals surface area contributed by atoms with Crippen molar-refractivity contribution in [2.45, 2.75) is 25.4 Å². The standard InChI is InChI=1S/C15H22ClN3O2/c16-11-2-3-13(15(17)20)14(10-11)19-6-1-9-21-12-4-7-18-8-5-12/h2-3,10,12,18-19H,1,4-9H2,(H2,17,20). The molecule has 0 unspecified atom stereocenters. The fraction of sp³-hybridized carbons (Fsp3) is 0.533. The van der Waals surface area contributed by atoms with Gasteiger partial charge in [-0.25, -0.2) is 0 Å². The Hall–Kier alpha value is -1.30. The summed E-state index contributed by atoms with van der Waals surface area (Å²) in [6, 6.07) is 5.01. The SMILES string of the molecule is NC(=O)c1ccc(Cl)cc1NCCCOC1CCNCC1. The number of piperidine rings is 1. The molecule has 4 N–H and O–H groups in total. The minimum absolute atomic E-state index is 0.374. The van der Waals surface area contributed by atoms with E-state index in [4.69, 9.17) is 22.1 Å². The van der Waals surface area contributed by atoms with Gasteiger partial charge in [0.1, 0.15) is 0 Å². The molecule has 0 bridgehead atoms. The van der Waals surface area contributed by atoms with Gasteiger partial charge in [-0.15, -0.1) is 0 Å². The van der Waals surface area contributed by atoms with Gasteiger partial charge in [0.25, 0.3) is 5.91 Å². The first-order valence-corrected chi connectivity index (χ1v) is 7.70. The van der Waals surface area contributed by atoms with Gasteiger partial charge in [-0.05, 0) is 50.6 Å². The fourth-order valence-electron chi connectivity index (χ4n) is 2.38. The second-order valence-electron chi connectivity index (χ2n) is 5.15. The molecule has 1 aliphatic rings. The van der Waals surface area contributed by atoms with Crippen LogP contribution in [0.25, 0.3) is 0 Å². The number of anilines is 1. The van der Waals surface area contributed by atoms with Gasteiger partial charge in [0.15, 0.2) is 0 Å². The third-order valence-electron chi connectivity index (χ3n) is 3.52. The maximum atomic E-state index is 11.3. The van der Waals surface area contributed by atoms with Gasteiger partial charge >= 0.3 is 0 Å². The first kappa shape index (κ1) is 16.1. The Kier molecular flexibility index (Phi) is 6.29. The summed E-state index contributed by atoms with van der Waals surface area (Å²) in [5.41, 5.74) is 6.47. The monoisotopic (exact) mass is 311 g/mol. The average molecular weight is 312 g/mol. The van der Waals surface area contributed by atoms with Gasteiger partial charge in [-0.2, -0.15) is 0 Å². The Morgan fingerprint density at radius 2 is 2.19 bits per heavy atom. The van der Waals surface area contributed by atoms with E-state index in [-0.39, 0.29) is 0 Å². The normalized spacial score (nSPS) is 15.9. The summed E-state index contributed by atoms with van der Waals surface area (Å²) in [5.74, 6) is -0.458. The Morgan fingerprint density at radius 3 is 2.90 bits per heavy atom. The van der Waals surface area contributed by atoms with Gasteiger partial charge in [-0.3, -0.25) is 4.79 Å². The highest BCUT2D eigenvalue weighted by molar-refractivity contribution is 6.31. The number of rotatable bonds is 7. The summed E-state index contributed by atoms with van der Waals surface area (Å²) in [7, 11) is 0. The molecule has 6 heteroatoms. The van der Waals surface area contributed by atoms with Crippen LogP contribution in [0.1, 0.15) is 29.6 Å². The molecule has 0 saturated carbocycles. The predicted molar refractivity (Wildman–Crippen MR) is 84.9 cm³/mol. The van der Waals surface area contributed by atoms with Crippen LogP contribution in [0.2, 0.25) is 5.02 Å². The molecule has 0 atom stereocenters. The van der Waals surface area contributed by atoms with Gasteiger partial charge in [0.05, 0.1) is 11.7 Å². The molecule has 1 heterocycles. The Bertz CT molecular complexity index is 476. The van der Waals surface area contributed by atoms with Crippen molar-refractivity contribution in [3.05, 3.63) is 28.8 Å². The second-order valence-corrected chi connectivity index (χ2v) is 5.59. The maximum Gasteiger partial charge on any atom is 0.250 e. The number of ether oxygens (including phenoxy) is 1. The van der Waals surface area contributed by atoms with E-state index in [1.807, 2.05) is 0 Å². The number of hydrogen-bond donors (Lipinski definition) is 3. The zero-order chi connectivity index (χ0) is 15.1. The van der Waals surface area contributed by atoms with Crippen molar-refractivity contribution in [3.63, 3.8) is 0 Å². The molecule has 0 spiro atoms. The van der Waals surface area contributed by atoms with Crippen LogP contribution in [0.4, 0.5) is 5.69 Å². The molecule has 0 aromatic heterocycles. The topological polar surface area (TPSA) is 76.4 Å². The minimum Gasteiger partial charge on any atom is -0.384 e. The molecular weight excluding hydrogens is 290 g/mol. The zero-order valence-electron chi connectivity index (χ0n) is 12.0. The second kappa shape index (κ2) is 8.22. The molecule has 1 aliphatic heterocycles. The van der Waals surface area contributed by atoms with Gasteiger partial charge in [0.2, 0.25) is 0 Å². The van der Waals surface area contributed by atoms with Gasteiger partial charge < -0.3 is 21.1 Å². The van der Waals surface area contributed by atoms with E-state index in [0.29, 0.717) is 35.5 Å². The predicted octanol–water partition coefficient (Wildman–Crippen LogP) is 2.01. The molecule has 21 heavy (non-hydrogen) atoms. The third-order valence-corrected chi connectivity index (χ3v) is 3.76. The summed E-state index contributed by atoms with van der Waals surface area (Å²) >= 11 is 5.94. The smallest absolute Gasteiger partial charge is 0.250 e. The number of primary amides is 1. The minimum atomic E-state index is -0.458. The highest BCUT2D eigenvalue weighted by Crippen LogP contribution is 2.20. The van der Waals surface area contributed by atoms with Crippen molar-refractivity contribution in [3.8, 4) is 0 Å². The average Bonchev–Trinajstić information content (AvgIpc) is 2.48. The summed E-state index contributed by atoms with van der Waals surface area (Å²) in [4.78, 5) is 11.3. The molecule has 1 fully saturated rings. The number of hydrogen-bond acceptors (Lipinski definition) is 4. The lowest BCUT2D eigenvalue weighted by Gasteiger charge is -2.23. The van der Waals surface area contributed by atoms with Gasteiger partial charge in [0, 0.05) is 23.9 Å². The van der Waals surface area contributed by atoms with Crippen LogP contribution >= 0.6 is 11.6 Å². The Morgan fingerprint density at radius 1 is 1.43 bits per heavy atom. The molecule has 1 amide bonds. The van der Waals surface area contributed by atoms with Crippen molar-refractivity contribution in [1.82, 2.24) is 5.32 Å². The summed E-state index contributed by atoms with van der Waals surface area (Å²) < 4.78 is 5.82. The van der Waals surface area contributed by atoms with Crippen LogP contribution in [0.15, 0.2) is 18.2 Å². The summed E-state index contributed by atoms with van der Waals surface area (Å²) in [6.07, 6.45) is 3.40. The van der Waals surface area contributed by atoms with Crippen LogP contribution < -0.4 is 16.4 Å².